The fraction of sp³-hybridized carbons (Fsp3) is 0.364. The van der Waals surface area contributed by atoms with Gasteiger partial charge < -0.3 is 5.32 Å². The van der Waals surface area contributed by atoms with E-state index in [0.717, 1.165) is 4.90 Å². The topological polar surface area (TPSA) is 29.1 Å². The normalized spacial score (nSPS) is 12.2. The Morgan fingerprint density at radius 1 is 1.47 bits per heavy atom. The minimum atomic E-state index is -0.0777. The van der Waals surface area contributed by atoms with Gasteiger partial charge in [-0.2, -0.15) is 0 Å². The van der Waals surface area contributed by atoms with Gasteiger partial charge in [-0.25, -0.2) is 0 Å². The summed E-state index contributed by atoms with van der Waals surface area (Å²) in [6.45, 7) is 4.48. The number of amides is 1. The maximum Gasteiger partial charge on any atom is 0.233 e. The first kappa shape index (κ1) is 12.4. The number of carbonyl (C=O) groups excluding carboxylic acids is 1. The number of halogens is 1. The molecule has 0 aliphatic heterocycles. The van der Waals surface area contributed by atoms with Crippen molar-refractivity contribution in [3.05, 3.63) is 29.3 Å². The molecule has 1 aromatic carbocycles. The molecule has 0 saturated carbocycles. The Kier molecular flexibility index (Phi) is 4.99. The number of hydrogen-bond acceptors (Lipinski definition) is 2. The molecule has 2 nitrogen and oxygen atoms in total. The van der Waals surface area contributed by atoms with E-state index < -0.39 is 0 Å². The highest BCUT2D eigenvalue weighted by atomic mass is 35.5. The molecular weight excluding hydrogens is 230 g/mol. The Morgan fingerprint density at radius 3 is 2.60 bits per heavy atom. The zero-order valence-electron chi connectivity index (χ0n) is 8.79. The van der Waals surface area contributed by atoms with Crippen LogP contribution in [0.2, 0.25) is 5.02 Å². The fourth-order valence-corrected chi connectivity index (χ4v) is 2.11. The first-order valence-corrected chi connectivity index (χ1v) is 6.09. The van der Waals surface area contributed by atoms with Crippen molar-refractivity contribution in [1.82, 2.24) is 5.32 Å². The van der Waals surface area contributed by atoms with Crippen LogP contribution in [-0.4, -0.2) is 17.7 Å². The summed E-state index contributed by atoms with van der Waals surface area (Å²) in [4.78, 5) is 12.5. The van der Waals surface area contributed by atoms with Gasteiger partial charge in [-0.3, -0.25) is 4.79 Å². The lowest BCUT2D eigenvalue weighted by Crippen LogP contribution is -2.30. The molecule has 82 valence electrons. The molecule has 0 spiro atoms. The van der Waals surface area contributed by atoms with Gasteiger partial charge in [0.1, 0.15) is 0 Å². The zero-order valence-corrected chi connectivity index (χ0v) is 10.4. The summed E-state index contributed by atoms with van der Waals surface area (Å²) >= 11 is 7.30. The molecule has 0 bridgehead atoms. The van der Waals surface area contributed by atoms with Crippen LogP contribution in [0.25, 0.3) is 0 Å². The number of carbonyl (C=O) groups is 1. The molecule has 0 saturated heterocycles. The quantitative estimate of drug-likeness (QED) is 0.824. The van der Waals surface area contributed by atoms with Crippen LogP contribution in [0.15, 0.2) is 29.2 Å². The van der Waals surface area contributed by atoms with Crippen molar-refractivity contribution in [2.45, 2.75) is 24.0 Å². The van der Waals surface area contributed by atoms with Gasteiger partial charge in [-0.1, -0.05) is 11.6 Å². The van der Waals surface area contributed by atoms with Crippen molar-refractivity contribution in [3.8, 4) is 0 Å². The average molecular weight is 244 g/mol. The Morgan fingerprint density at radius 2 is 2.07 bits per heavy atom. The Balaban J connectivity index is 2.54. The van der Waals surface area contributed by atoms with Crippen LogP contribution in [0.4, 0.5) is 0 Å². The number of benzene rings is 1. The van der Waals surface area contributed by atoms with E-state index in [-0.39, 0.29) is 11.2 Å². The molecule has 1 atom stereocenters. The van der Waals surface area contributed by atoms with Crippen LogP contribution >= 0.6 is 23.4 Å². The number of hydrogen-bond donors (Lipinski definition) is 1. The second-order valence-electron chi connectivity index (χ2n) is 3.11. The molecule has 0 aliphatic carbocycles. The Bertz CT molecular complexity index is 326. The molecule has 0 radical (unpaired) electrons. The number of nitrogens with one attached hydrogen (secondary N) is 1. The summed E-state index contributed by atoms with van der Waals surface area (Å²) < 4.78 is 0. The highest BCUT2D eigenvalue weighted by Crippen LogP contribution is 2.24. The van der Waals surface area contributed by atoms with E-state index in [0.29, 0.717) is 11.6 Å². The lowest BCUT2D eigenvalue weighted by Gasteiger charge is -2.10. The lowest BCUT2D eigenvalue weighted by molar-refractivity contribution is -0.120. The maximum absolute atomic E-state index is 11.5. The zero-order chi connectivity index (χ0) is 11.3. The molecule has 1 amide bonds. The van der Waals surface area contributed by atoms with E-state index in [4.69, 9.17) is 11.6 Å². The minimum absolute atomic E-state index is 0.0671. The van der Waals surface area contributed by atoms with Gasteiger partial charge in [-0.15, -0.1) is 11.8 Å². The molecule has 4 heteroatoms. The smallest absolute Gasteiger partial charge is 0.233 e. The summed E-state index contributed by atoms with van der Waals surface area (Å²) in [6, 6.07) is 7.49. The van der Waals surface area contributed by atoms with Crippen LogP contribution in [0, 0.1) is 0 Å². The third kappa shape index (κ3) is 4.14. The van der Waals surface area contributed by atoms with Crippen LogP contribution < -0.4 is 5.32 Å². The maximum atomic E-state index is 11.5. The second kappa shape index (κ2) is 6.03. The predicted molar refractivity (Wildman–Crippen MR) is 65.5 cm³/mol. The van der Waals surface area contributed by atoms with Gasteiger partial charge in [-0.05, 0) is 38.1 Å². The van der Waals surface area contributed by atoms with Crippen molar-refractivity contribution >= 4 is 29.3 Å². The number of rotatable bonds is 4. The lowest BCUT2D eigenvalue weighted by atomic mass is 10.4. The first-order chi connectivity index (χ1) is 7.13. The molecule has 0 heterocycles. The molecule has 1 unspecified atom stereocenters. The van der Waals surface area contributed by atoms with Crippen LogP contribution in [0.5, 0.6) is 0 Å². The molecular formula is C11H14ClNOS. The highest BCUT2D eigenvalue weighted by Gasteiger charge is 2.12. The van der Waals surface area contributed by atoms with Crippen molar-refractivity contribution in [3.63, 3.8) is 0 Å². The fourth-order valence-electron chi connectivity index (χ4n) is 1.09. The first-order valence-electron chi connectivity index (χ1n) is 4.83. The van der Waals surface area contributed by atoms with E-state index in [1.54, 1.807) is 0 Å². The van der Waals surface area contributed by atoms with E-state index in [2.05, 4.69) is 5.32 Å². The predicted octanol–water partition coefficient (Wildman–Crippen LogP) is 2.96. The molecule has 1 N–H and O–H groups in total. The third-order valence-electron chi connectivity index (χ3n) is 1.85. The van der Waals surface area contributed by atoms with E-state index in [1.165, 1.54) is 11.8 Å². The van der Waals surface area contributed by atoms with Gasteiger partial charge in [0.2, 0.25) is 5.91 Å². The third-order valence-corrected chi connectivity index (χ3v) is 3.21. The second-order valence-corrected chi connectivity index (χ2v) is 4.96. The largest absolute Gasteiger partial charge is 0.355 e. The molecule has 1 rings (SSSR count). The van der Waals surface area contributed by atoms with Crippen LogP contribution in [-0.2, 0) is 4.79 Å². The molecule has 0 aromatic heterocycles. The van der Waals surface area contributed by atoms with Gasteiger partial charge in [0, 0.05) is 16.5 Å². The van der Waals surface area contributed by atoms with E-state index in [1.807, 2.05) is 38.1 Å². The molecule has 1 aromatic rings. The van der Waals surface area contributed by atoms with Crippen LogP contribution in [0.3, 0.4) is 0 Å². The van der Waals surface area contributed by atoms with Gasteiger partial charge in [0.15, 0.2) is 0 Å². The molecule has 0 aliphatic rings. The summed E-state index contributed by atoms with van der Waals surface area (Å²) in [6.07, 6.45) is 0. The Labute approximate surface area is 99.4 Å². The van der Waals surface area contributed by atoms with Gasteiger partial charge >= 0.3 is 0 Å². The summed E-state index contributed by atoms with van der Waals surface area (Å²) in [5.41, 5.74) is 0. The van der Waals surface area contributed by atoms with Crippen molar-refractivity contribution in [1.29, 1.82) is 0 Å². The average Bonchev–Trinajstić information content (AvgIpc) is 2.22. The summed E-state index contributed by atoms with van der Waals surface area (Å²) in [5.74, 6) is 0.0671. The van der Waals surface area contributed by atoms with Crippen molar-refractivity contribution in [2.75, 3.05) is 6.54 Å². The van der Waals surface area contributed by atoms with Crippen molar-refractivity contribution < 1.29 is 4.79 Å². The summed E-state index contributed by atoms with van der Waals surface area (Å²) in [7, 11) is 0. The standard InChI is InChI=1S/C11H14ClNOS/c1-3-13-11(14)8(2)15-10-6-4-9(12)5-7-10/h4-8H,3H2,1-2H3,(H,13,14). The Hall–Kier alpha value is -0.670. The number of thioether (sulfide) groups is 1. The van der Waals surface area contributed by atoms with Gasteiger partial charge in [0.25, 0.3) is 0 Å². The van der Waals surface area contributed by atoms with Gasteiger partial charge in [0.05, 0.1) is 5.25 Å². The van der Waals surface area contributed by atoms with E-state index in [9.17, 15) is 4.79 Å². The highest BCUT2D eigenvalue weighted by molar-refractivity contribution is 8.00. The minimum Gasteiger partial charge on any atom is -0.355 e. The van der Waals surface area contributed by atoms with Crippen LogP contribution in [0.1, 0.15) is 13.8 Å². The molecule has 15 heavy (non-hydrogen) atoms. The van der Waals surface area contributed by atoms with E-state index >= 15 is 0 Å². The SMILES string of the molecule is CCNC(=O)C(C)Sc1ccc(Cl)cc1. The molecule has 0 fully saturated rings. The monoisotopic (exact) mass is 243 g/mol. The summed E-state index contributed by atoms with van der Waals surface area (Å²) in [5, 5.41) is 3.43. The van der Waals surface area contributed by atoms with Crippen molar-refractivity contribution in [2.24, 2.45) is 0 Å².